The highest BCUT2D eigenvalue weighted by molar-refractivity contribution is 5.74. The van der Waals surface area contributed by atoms with Crippen molar-refractivity contribution in [2.75, 3.05) is 19.7 Å². The van der Waals surface area contributed by atoms with Crippen LogP contribution in [0.25, 0.3) is 0 Å². The summed E-state index contributed by atoms with van der Waals surface area (Å²) in [5, 5.41) is 9.27. The Balaban J connectivity index is 1.38. The molecule has 1 atom stereocenters. The van der Waals surface area contributed by atoms with E-state index in [1.807, 2.05) is 37.3 Å². The smallest absolute Gasteiger partial charge is 0.343 e. The van der Waals surface area contributed by atoms with Gasteiger partial charge in [0.2, 0.25) is 0 Å². The molecule has 1 aromatic heterocycles. The number of ether oxygens (including phenoxy) is 1. The third kappa shape index (κ3) is 4.48. The van der Waals surface area contributed by atoms with Gasteiger partial charge in [0.25, 0.3) is 0 Å². The Labute approximate surface area is 145 Å². The fourth-order valence-corrected chi connectivity index (χ4v) is 2.73. The van der Waals surface area contributed by atoms with Crippen molar-refractivity contribution in [2.45, 2.75) is 26.6 Å². The zero-order chi connectivity index (χ0) is 17.6. The molecule has 8 nitrogen and oxygen atoms in total. The molecule has 0 aliphatic carbocycles. The fraction of sp³-hybridized carbons (Fsp3) is 0.471. The van der Waals surface area contributed by atoms with Gasteiger partial charge in [-0.05, 0) is 11.5 Å². The number of nitrogens with one attached hydrogen (secondary N) is 2. The van der Waals surface area contributed by atoms with Crippen molar-refractivity contribution in [1.29, 1.82) is 0 Å². The number of H-pyrrole nitrogens is 1. The van der Waals surface area contributed by atoms with Gasteiger partial charge in [0, 0.05) is 19.6 Å². The molecule has 1 aliphatic heterocycles. The van der Waals surface area contributed by atoms with E-state index >= 15 is 0 Å². The zero-order valence-corrected chi connectivity index (χ0v) is 14.3. The normalized spacial score (nSPS) is 14.8. The van der Waals surface area contributed by atoms with E-state index in [9.17, 15) is 9.59 Å². The highest BCUT2D eigenvalue weighted by Gasteiger charge is 2.23. The van der Waals surface area contributed by atoms with Crippen molar-refractivity contribution in [2.24, 2.45) is 5.92 Å². The monoisotopic (exact) mass is 345 g/mol. The number of benzene rings is 1. The number of carbonyl (C=O) groups is 1. The van der Waals surface area contributed by atoms with Crippen LogP contribution < -0.4 is 11.0 Å². The first-order chi connectivity index (χ1) is 12.1. The molecule has 1 aliphatic rings. The van der Waals surface area contributed by atoms with Gasteiger partial charge in [0.05, 0.1) is 19.8 Å². The van der Waals surface area contributed by atoms with E-state index in [1.54, 1.807) is 9.47 Å². The Morgan fingerprint density at radius 3 is 2.96 bits per heavy atom. The Bertz CT molecular complexity index is 755. The maximum Gasteiger partial charge on any atom is 0.343 e. The van der Waals surface area contributed by atoms with Gasteiger partial charge in [-0.25, -0.2) is 14.7 Å². The first kappa shape index (κ1) is 17.2. The highest BCUT2D eigenvalue weighted by atomic mass is 16.5. The quantitative estimate of drug-likeness (QED) is 0.815. The molecule has 1 unspecified atom stereocenters. The minimum Gasteiger partial charge on any atom is -0.376 e. The number of urea groups is 1. The van der Waals surface area contributed by atoms with Crippen LogP contribution in [0.3, 0.4) is 0 Å². The highest BCUT2D eigenvalue weighted by Crippen LogP contribution is 2.07. The van der Waals surface area contributed by atoms with Crippen molar-refractivity contribution >= 4 is 6.03 Å². The summed E-state index contributed by atoms with van der Waals surface area (Å²) in [7, 11) is 0. The van der Waals surface area contributed by atoms with Crippen LogP contribution >= 0.6 is 0 Å². The SMILES string of the molecule is CC(CNC(=O)N1CCn2c(n[nH]c2=O)C1)COCc1ccccc1. The lowest BCUT2D eigenvalue weighted by molar-refractivity contribution is 0.0914. The van der Waals surface area contributed by atoms with Gasteiger partial charge >= 0.3 is 11.7 Å². The minimum absolute atomic E-state index is 0.142. The summed E-state index contributed by atoms with van der Waals surface area (Å²) in [6.07, 6.45) is 0. The van der Waals surface area contributed by atoms with E-state index in [4.69, 9.17) is 4.74 Å². The van der Waals surface area contributed by atoms with Crippen LogP contribution in [0.2, 0.25) is 0 Å². The van der Waals surface area contributed by atoms with Crippen molar-refractivity contribution in [3.8, 4) is 0 Å². The van der Waals surface area contributed by atoms with E-state index in [0.29, 0.717) is 45.2 Å². The van der Waals surface area contributed by atoms with Gasteiger partial charge in [-0.3, -0.25) is 4.57 Å². The molecule has 0 saturated carbocycles. The summed E-state index contributed by atoms with van der Waals surface area (Å²) in [5.74, 6) is 0.798. The number of nitrogens with zero attached hydrogens (tertiary/aromatic N) is 3. The first-order valence-corrected chi connectivity index (χ1v) is 8.42. The average Bonchev–Trinajstić information content (AvgIpc) is 3.01. The van der Waals surface area contributed by atoms with E-state index in [2.05, 4.69) is 15.5 Å². The molecule has 134 valence electrons. The molecule has 2 heterocycles. The predicted octanol–water partition coefficient (Wildman–Crippen LogP) is 0.950. The topological polar surface area (TPSA) is 92.3 Å². The third-order valence-corrected chi connectivity index (χ3v) is 4.17. The third-order valence-electron chi connectivity index (χ3n) is 4.17. The molecular weight excluding hydrogens is 322 g/mol. The van der Waals surface area contributed by atoms with E-state index < -0.39 is 0 Å². The first-order valence-electron chi connectivity index (χ1n) is 8.42. The fourth-order valence-electron chi connectivity index (χ4n) is 2.73. The standard InChI is InChI=1S/C17H23N5O3/c1-13(11-25-12-14-5-3-2-4-6-14)9-18-16(23)21-7-8-22-15(10-21)19-20-17(22)24/h2-6,13H,7-12H2,1H3,(H,18,23)(H,20,24). The largest absolute Gasteiger partial charge is 0.376 e. The number of aromatic nitrogens is 3. The van der Waals surface area contributed by atoms with Gasteiger partial charge in [-0.1, -0.05) is 37.3 Å². The number of rotatable bonds is 6. The number of aromatic amines is 1. The summed E-state index contributed by atoms with van der Waals surface area (Å²) in [5.41, 5.74) is 0.913. The summed E-state index contributed by atoms with van der Waals surface area (Å²) >= 11 is 0. The second-order valence-electron chi connectivity index (χ2n) is 6.31. The molecule has 1 aromatic carbocycles. The maximum atomic E-state index is 12.3. The van der Waals surface area contributed by atoms with Crippen molar-refractivity contribution in [1.82, 2.24) is 25.0 Å². The molecule has 0 spiro atoms. The Morgan fingerprint density at radius 1 is 1.36 bits per heavy atom. The number of hydrogen-bond acceptors (Lipinski definition) is 4. The number of hydrogen-bond donors (Lipinski definition) is 2. The maximum absolute atomic E-state index is 12.3. The summed E-state index contributed by atoms with van der Waals surface area (Å²) < 4.78 is 7.25. The number of amides is 2. The molecule has 0 fully saturated rings. The summed E-state index contributed by atoms with van der Waals surface area (Å²) in [4.78, 5) is 25.4. The van der Waals surface area contributed by atoms with Gasteiger partial charge in [0.1, 0.15) is 0 Å². The molecule has 0 saturated heterocycles. The number of fused-ring (bicyclic) bond motifs is 1. The van der Waals surface area contributed by atoms with Crippen molar-refractivity contribution in [3.05, 3.63) is 52.2 Å². The summed E-state index contributed by atoms with van der Waals surface area (Å²) in [6, 6.07) is 9.86. The van der Waals surface area contributed by atoms with Crippen molar-refractivity contribution < 1.29 is 9.53 Å². The van der Waals surface area contributed by atoms with Gasteiger partial charge in [-0.2, -0.15) is 5.10 Å². The molecule has 0 radical (unpaired) electrons. The van der Waals surface area contributed by atoms with Crippen LogP contribution in [-0.2, 0) is 24.4 Å². The summed E-state index contributed by atoms with van der Waals surface area (Å²) in [6.45, 7) is 5.02. The van der Waals surface area contributed by atoms with Gasteiger partial charge in [-0.15, -0.1) is 0 Å². The van der Waals surface area contributed by atoms with Crippen molar-refractivity contribution in [3.63, 3.8) is 0 Å². The Kier molecular flexibility index (Phi) is 5.49. The van der Waals surface area contributed by atoms with Crippen LogP contribution in [-0.4, -0.2) is 45.4 Å². The second-order valence-corrected chi connectivity index (χ2v) is 6.31. The predicted molar refractivity (Wildman–Crippen MR) is 91.9 cm³/mol. The van der Waals surface area contributed by atoms with Crippen LogP contribution in [0.15, 0.2) is 35.1 Å². The lowest BCUT2D eigenvalue weighted by Crippen LogP contribution is -2.46. The minimum atomic E-state index is -0.223. The van der Waals surface area contributed by atoms with Gasteiger partial charge in [0.15, 0.2) is 5.82 Å². The van der Waals surface area contributed by atoms with E-state index in [-0.39, 0.29) is 17.6 Å². The van der Waals surface area contributed by atoms with Crippen LogP contribution in [0.1, 0.15) is 18.3 Å². The molecular formula is C17H23N5O3. The second kappa shape index (κ2) is 7.98. The van der Waals surface area contributed by atoms with Gasteiger partial charge < -0.3 is 15.0 Å². The Morgan fingerprint density at radius 2 is 2.16 bits per heavy atom. The Hall–Kier alpha value is -2.61. The molecule has 2 amide bonds. The lowest BCUT2D eigenvalue weighted by Gasteiger charge is -2.27. The molecule has 2 aromatic rings. The lowest BCUT2D eigenvalue weighted by atomic mass is 10.2. The molecule has 25 heavy (non-hydrogen) atoms. The molecule has 2 N–H and O–H groups in total. The molecule has 3 rings (SSSR count). The molecule has 8 heteroatoms. The van der Waals surface area contributed by atoms with Crippen LogP contribution in [0.5, 0.6) is 0 Å². The van der Waals surface area contributed by atoms with E-state index in [1.165, 1.54) is 0 Å². The zero-order valence-electron chi connectivity index (χ0n) is 14.3. The molecule has 0 bridgehead atoms. The van der Waals surface area contributed by atoms with Crippen LogP contribution in [0.4, 0.5) is 4.79 Å². The average molecular weight is 345 g/mol. The van der Waals surface area contributed by atoms with E-state index in [0.717, 1.165) is 5.56 Å². The van der Waals surface area contributed by atoms with Crippen LogP contribution in [0, 0.1) is 5.92 Å². The number of carbonyl (C=O) groups excluding carboxylic acids is 1.